The maximum atomic E-state index is 9.61. The summed E-state index contributed by atoms with van der Waals surface area (Å²) in [6, 6.07) is 0. The third kappa shape index (κ3) is 1.77. The molecule has 0 aromatic carbocycles. The lowest BCUT2D eigenvalue weighted by molar-refractivity contribution is -0.235. The highest BCUT2D eigenvalue weighted by Crippen LogP contribution is 2.24. The molecule has 3 unspecified atom stereocenters. The molecule has 0 aromatic heterocycles. The summed E-state index contributed by atoms with van der Waals surface area (Å²) >= 11 is 0. The van der Waals surface area contributed by atoms with Crippen LogP contribution in [0.5, 0.6) is 0 Å². The summed E-state index contributed by atoms with van der Waals surface area (Å²) in [6.45, 7) is 0. The quantitative estimate of drug-likeness (QED) is 0.399. The normalized spacial score (nSPS) is 49.3. The molecule has 0 saturated heterocycles. The Morgan fingerprint density at radius 3 is 1.29 bits per heavy atom. The molecule has 0 aliphatic heterocycles. The van der Waals surface area contributed by atoms with Crippen LogP contribution in [0.1, 0.15) is 0 Å². The molecule has 1 rings (SSSR count). The van der Waals surface area contributed by atoms with Crippen molar-refractivity contribution in [1.82, 2.24) is 0 Å². The van der Waals surface area contributed by atoms with Gasteiger partial charge in [-0.25, -0.2) is 0 Å². The van der Waals surface area contributed by atoms with Crippen LogP contribution in [0, 0.1) is 0 Å². The van der Waals surface area contributed by atoms with Gasteiger partial charge in [0.25, 0.3) is 0 Å². The van der Waals surface area contributed by atoms with E-state index in [4.69, 9.17) is 9.47 Å². The van der Waals surface area contributed by atoms with Crippen molar-refractivity contribution in [2.75, 3.05) is 14.2 Å². The second kappa shape index (κ2) is 4.52. The first-order valence-corrected chi connectivity index (χ1v) is 4.32. The zero-order valence-corrected chi connectivity index (χ0v) is 8.07. The number of ether oxygens (including phenoxy) is 2. The molecule has 0 amide bonds. The summed E-state index contributed by atoms with van der Waals surface area (Å²) in [5.41, 5.74) is 0. The van der Waals surface area contributed by atoms with Crippen molar-refractivity contribution in [1.29, 1.82) is 0 Å². The van der Waals surface area contributed by atoms with Crippen molar-refractivity contribution in [3.8, 4) is 0 Å². The zero-order chi connectivity index (χ0) is 10.9. The molecule has 0 aromatic rings. The molecule has 4 N–H and O–H groups in total. The first-order chi connectivity index (χ1) is 6.54. The molecule has 14 heavy (non-hydrogen) atoms. The van der Waals surface area contributed by atoms with Crippen LogP contribution in [-0.4, -0.2) is 71.3 Å². The molecule has 0 spiro atoms. The van der Waals surface area contributed by atoms with Crippen LogP contribution in [-0.2, 0) is 9.47 Å². The predicted molar refractivity (Wildman–Crippen MR) is 45.6 cm³/mol. The van der Waals surface area contributed by atoms with Gasteiger partial charge in [0.1, 0.15) is 36.6 Å². The topological polar surface area (TPSA) is 99.4 Å². The smallest absolute Gasteiger partial charge is 0.114 e. The molecular formula is C8H16O6. The minimum atomic E-state index is -1.38. The molecule has 1 fully saturated rings. The van der Waals surface area contributed by atoms with Crippen molar-refractivity contribution >= 4 is 0 Å². The van der Waals surface area contributed by atoms with Crippen molar-refractivity contribution in [3.05, 3.63) is 0 Å². The van der Waals surface area contributed by atoms with E-state index >= 15 is 0 Å². The summed E-state index contributed by atoms with van der Waals surface area (Å²) < 4.78 is 9.63. The van der Waals surface area contributed by atoms with Gasteiger partial charge in [0.15, 0.2) is 0 Å². The van der Waals surface area contributed by atoms with Crippen molar-refractivity contribution in [2.24, 2.45) is 0 Å². The molecule has 0 heterocycles. The Morgan fingerprint density at radius 1 is 0.643 bits per heavy atom. The molecule has 1 aliphatic rings. The predicted octanol–water partition coefficient (Wildman–Crippen LogP) is -2.53. The number of aliphatic hydroxyl groups excluding tert-OH is 4. The summed E-state index contributed by atoms with van der Waals surface area (Å²) in [7, 11) is 2.60. The van der Waals surface area contributed by atoms with Crippen molar-refractivity contribution < 1.29 is 29.9 Å². The first-order valence-electron chi connectivity index (χ1n) is 4.32. The minimum absolute atomic E-state index is 0.960. The number of methoxy groups -OCH3 is 2. The molecule has 0 radical (unpaired) electrons. The summed E-state index contributed by atoms with van der Waals surface area (Å²) in [6.07, 6.45) is -7.11. The van der Waals surface area contributed by atoms with E-state index in [0.717, 1.165) is 0 Å². The third-order valence-electron chi connectivity index (χ3n) is 2.59. The van der Waals surface area contributed by atoms with Crippen molar-refractivity contribution in [3.63, 3.8) is 0 Å². The van der Waals surface area contributed by atoms with Gasteiger partial charge in [-0.05, 0) is 0 Å². The molecule has 6 heteroatoms. The lowest BCUT2D eigenvalue weighted by Crippen LogP contribution is -2.64. The fraction of sp³-hybridized carbons (Fsp3) is 1.00. The third-order valence-corrected chi connectivity index (χ3v) is 2.59. The van der Waals surface area contributed by atoms with Gasteiger partial charge in [0.05, 0.1) is 0 Å². The van der Waals surface area contributed by atoms with Gasteiger partial charge in [0, 0.05) is 14.2 Å². The van der Waals surface area contributed by atoms with E-state index in [1.165, 1.54) is 14.2 Å². The van der Waals surface area contributed by atoms with Crippen molar-refractivity contribution in [2.45, 2.75) is 36.6 Å². The van der Waals surface area contributed by atoms with Gasteiger partial charge in [0.2, 0.25) is 0 Å². The monoisotopic (exact) mass is 208 g/mol. The van der Waals surface area contributed by atoms with Crippen LogP contribution in [0.25, 0.3) is 0 Å². The fourth-order valence-electron chi connectivity index (χ4n) is 1.74. The van der Waals surface area contributed by atoms with Gasteiger partial charge < -0.3 is 29.9 Å². The van der Waals surface area contributed by atoms with E-state index in [1.54, 1.807) is 0 Å². The lowest BCUT2D eigenvalue weighted by atomic mass is 9.85. The standard InChI is InChI=1S/C8H16O6/c1-13-7-4(10)3(9)5(11)8(14-2)6(7)12/h3-12H,1-2H3/t3?,4-,5+,6?,7-,8?/m1/s1. The maximum absolute atomic E-state index is 9.61. The highest BCUT2D eigenvalue weighted by atomic mass is 16.5. The Balaban J connectivity index is 2.82. The molecule has 6 atom stereocenters. The lowest BCUT2D eigenvalue weighted by Gasteiger charge is -2.42. The minimum Gasteiger partial charge on any atom is -0.387 e. The van der Waals surface area contributed by atoms with E-state index in [2.05, 4.69) is 0 Å². The van der Waals surface area contributed by atoms with Crippen LogP contribution in [0.15, 0.2) is 0 Å². The van der Waals surface area contributed by atoms with E-state index in [0.29, 0.717) is 0 Å². The second-order valence-electron chi connectivity index (χ2n) is 3.36. The van der Waals surface area contributed by atoms with Crippen LogP contribution in [0.2, 0.25) is 0 Å². The van der Waals surface area contributed by atoms with Gasteiger partial charge in [-0.15, -0.1) is 0 Å². The Bertz CT molecular complexity index is 169. The highest BCUT2D eigenvalue weighted by Gasteiger charge is 2.49. The summed E-state index contributed by atoms with van der Waals surface area (Å²) in [5.74, 6) is 0. The van der Waals surface area contributed by atoms with E-state index in [9.17, 15) is 20.4 Å². The molecule has 1 saturated carbocycles. The van der Waals surface area contributed by atoms with Crippen LogP contribution < -0.4 is 0 Å². The van der Waals surface area contributed by atoms with Crippen LogP contribution in [0.3, 0.4) is 0 Å². The second-order valence-corrected chi connectivity index (χ2v) is 3.36. The molecule has 6 nitrogen and oxygen atoms in total. The van der Waals surface area contributed by atoms with E-state index < -0.39 is 36.6 Å². The van der Waals surface area contributed by atoms with E-state index in [-0.39, 0.29) is 0 Å². The van der Waals surface area contributed by atoms with Crippen LogP contribution in [0.4, 0.5) is 0 Å². The Labute approximate surface area is 81.7 Å². The zero-order valence-electron chi connectivity index (χ0n) is 8.07. The van der Waals surface area contributed by atoms with Gasteiger partial charge >= 0.3 is 0 Å². The summed E-state index contributed by atoms with van der Waals surface area (Å²) in [5, 5.41) is 37.9. The average molecular weight is 208 g/mol. The molecule has 84 valence electrons. The van der Waals surface area contributed by atoms with E-state index in [1.807, 2.05) is 0 Å². The Morgan fingerprint density at radius 2 is 1.00 bits per heavy atom. The number of aliphatic hydroxyl groups is 4. The molecule has 0 bridgehead atoms. The number of rotatable bonds is 2. The van der Waals surface area contributed by atoms with Gasteiger partial charge in [-0.3, -0.25) is 0 Å². The number of hydrogen-bond acceptors (Lipinski definition) is 6. The maximum Gasteiger partial charge on any atom is 0.114 e. The SMILES string of the molecule is COC1C(O)[C@H](OC)[C@H](O)C(O)[C@@H]1O. The first kappa shape index (κ1) is 11.8. The van der Waals surface area contributed by atoms with Crippen LogP contribution >= 0.6 is 0 Å². The molecule has 1 aliphatic carbocycles. The highest BCUT2D eigenvalue weighted by molar-refractivity contribution is 4.99. The van der Waals surface area contributed by atoms with Gasteiger partial charge in [-0.2, -0.15) is 0 Å². The Hall–Kier alpha value is -0.240. The summed E-state index contributed by atoms with van der Waals surface area (Å²) in [4.78, 5) is 0. The molecular weight excluding hydrogens is 192 g/mol. The Kier molecular flexibility index (Phi) is 3.82. The van der Waals surface area contributed by atoms with Gasteiger partial charge in [-0.1, -0.05) is 0 Å². The average Bonchev–Trinajstić information content (AvgIpc) is 2.16. The number of hydrogen-bond donors (Lipinski definition) is 4. The fourth-order valence-corrected chi connectivity index (χ4v) is 1.74. The largest absolute Gasteiger partial charge is 0.387 e.